The van der Waals surface area contributed by atoms with Gasteiger partial charge in [0.25, 0.3) is 0 Å². The Bertz CT molecular complexity index is 1090. The van der Waals surface area contributed by atoms with Crippen LogP contribution in [0.4, 0.5) is 0 Å². The fourth-order valence-electron chi connectivity index (χ4n) is 3.70. The Balaban J connectivity index is 1.25. The number of amides is 1. The lowest BCUT2D eigenvalue weighted by Gasteiger charge is -2.33. The molecule has 168 valence electrons. The van der Waals surface area contributed by atoms with Gasteiger partial charge in [-0.15, -0.1) is 0 Å². The number of hydrogen-bond acceptors (Lipinski definition) is 5. The highest BCUT2D eigenvalue weighted by molar-refractivity contribution is 6.42. The quantitative estimate of drug-likeness (QED) is 0.546. The van der Waals surface area contributed by atoms with Crippen LogP contribution >= 0.6 is 23.2 Å². The van der Waals surface area contributed by atoms with Crippen LogP contribution in [0.15, 0.2) is 53.1 Å². The van der Waals surface area contributed by atoms with E-state index in [1.165, 1.54) is 6.26 Å². The topological polar surface area (TPSA) is 67.6 Å². The molecule has 32 heavy (non-hydrogen) atoms. The third-order valence-corrected chi connectivity index (χ3v) is 6.04. The van der Waals surface area contributed by atoms with Crippen LogP contribution in [0.25, 0.3) is 11.5 Å². The molecule has 6 nitrogen and oxygen atoms in total. The summed E-state index contributed by atoms with van der Waals surface area (Å²) in [6.45, 7) is 5.38. The molecule has 0 aliphatic carbocycles. The van der Waals surface area contributed by atoms with E-state index in [1.54, 1.807) is 0 Å². The maximum Gasteiger partial charge on any atom is 0.226 e. The predicted octanol–water partition coefficient (Wildman–Crippen LogP) is 4.52. The second-order valence-electron chi connectivity index (χ2n) is 7.97. The minimum atomic E-state index is -0.112. The molecule has 4 rings (SSSR count). The van der Waals surface area contributed by atoms with Crippen molar-refractivity contribution in [2.24, 2.45) is 0 Å². The zero-order valence-electron chi connectivity index (χ0n) is 17.8. The zero-order valence-corrected chi connectivity index (χ0v) is 19.3. The number of rotatable bonds is 7. The molecule has 0 saturated carbocycles. The average Bonchev–Trinajstić information content (AvgIpc) is 3.24. The van der Waals surface area contributed by atoms with Gasteiger partial charge in [-0.25, -0.2) is 4.98 Å². The van der Waals surface area contributed by atoms with Gasteiger partial charge in [0.2, 0.25) is 11.8 Å². The minimum Gasteiger partial charge on any atom is -0.444 e. The minimum absolute atomic E-state index is 0.0735. The average molecular weight is 474 g/mol. The maximum atomic E-state index is 12.4. The summed E-state index contributed by atoms with van der Waals surface area (Å²) in [4.78, 5) is 19.1. The first-order valence-corrected chi connectivity index (χ1v) is 11.3. The molecule has 1 aromatic heterocycles. The summed E-state index contributed by atoms with van der Waals surface area (Å²) in [6.07, 6.45) is 1.62. The van der Waals surface area contributed by atoms with Crippen LogP contribution in [0.1, 0.15) is 16.8 Å². The van der Waals surface area contributed by atoms with E-state index >= 15 is 0 Å². The number of ether oxygens (including phenoxy) is 1. The van der Waals surface area contributed by atoms with Crippen LogP contribution in [0.3, 0.4) is 0 Å². The molecule has 0 unspecified atom stereocenters. The number of hydrogen-bond donors (Lipinski definition) is 1. The fraction of sp³-hybridized carbons (Fsp3) is 0.333. The van der Waals surface area contributed by atoms with Gasteiger partial charge in [-0.2, -0.15) is 0 Å². The molecule has 1 atom stereocenters. The number of morpholine rings is 1. The van der Waals surface area contributed by atoms with Crippen molar-refractivity contribution < 1.29 is 13.9 Å². The molecular weight excluding hydrogens is 449 g/mol. The number of carbonyl (C=O) groups excluding carboxylic acids is 1. The molecule has 0 radical (unpaired) electrons. The molecule has 3 aromatic rings. The summed E-state index contributed by atoms with van der Waals surface area (Å²) in [5.41, 5.74) is 3.72. The number of carbonyl (C=O) groups is 1. The number of benzene rings is 2. The largest absolute Gasteiger partial charge is 0.444 e. The molecule has 1 amide bonds. The Morgan fingerprint density at radius 2 is 2.09 bits per heavy atom. The van der Waals surface area contributed by atoms with Gasteiger partial charge < -0.3 is 14.5 Å². The van der Waals surface area contributed by atoms with Crippen molar-refractivity contribution in [3.8, 4) is 11.5 Å². The van der Waals surface area contributed by atoms with Crippen LogP contribution < -0.4 is 5.32 Å². The number of aryl methyl sites for hydroxylation is 1. The van der Waals surface area contributed by atoms with Crippen molar-refractivity contribution in [1.82, 2.24) is 15.2 Å². The molecular formula is C24H25Cl2N3O3. The van der Waals surface area contributed by atoms with E-state index < -0.39 is 0 Å². The van der Waals surface area contributed by atoms with E-state index in [0.717, 1.165) is 36.3 Å². The van der Waals surface area contributed by atoms with Gasteiger partial charge in [-0.05, 0) is 36.8 Å². The van der Waals surface area contributed by atoms with Crippen molar-refractivity contribution >= 4 is 29.1 Å². The maximum absolute atomic E-state index is 12.4. The lowest BCUT2D eigenvalue weighted by atomic mass is 10.1. The molecule has 1 fully saturated rings. The van der Waals surface area contributed by atoms with E-state index in [2.05, 4.69) is 15.2 Å². The van der Waals surface area contributed by atoms with Crippen molar-refractivity contribution in [3.63, 3.8) is 0 Å². The number of nitrogens with zero attached hydrogens (tertiary/aromatic N) is 2. The summed E-state index contributed by atoms with van der Waals surface area (Å²) in [6, 6.07) is 13.6. The summed E-state index contributed by atoms with van der Waals surface area (Å²) < 4.78 is 11.4. The Morgan fingerprint density at radius 3 is 2.91 bits per heavy atom. The van der Waals surface area contributed by atoms with E-state index in [1.807, 2.05) is 49.4 Å². The van der Waals surface area contributed by atoms with Crippen LogP contribution in [-0.2, 0) is 22.5 Å². The lowest BCUT2D eigenvalue weighted by molar-refractivity contribution is -0.121. The highest BCUT2D eigenvalue weighted by Gasteiger charge is 2.21. The Labute approximate surface area is 197 Å². The van der Waals surface area contributed by atoms with Crippen molar-refractivity contribution in [2.75, 3.05) is 26.2 Å². The first kappa shape index (κ1) is 22.8. The van der Waals surface area contributed by atoms with Gasteiger partial charge in [0.1, 0.15) is 6.26 Å². The predicted molar refractivity (Wildman–Crippen MR) is 125 cm³/mol. The summed E-state index contributed by atoms with van der Waals surface area (Å²) >= 11 is 12.1. The first-order valence-electron chi connectivity index (χ1n) is 10.5. The SMILES string of the molecule is Cc1cccc(-c2nc(CC(=O)NC[C@H]3CN(Cc4ccc(Cl)c(Cl)c4)CCO3)co2)c1. The second-order valence-corrected chi connectivity index (χ2v) is 8.79. The monoisotopic (exact) mass is 473 g/mol. The van der Waals surface area contributed by atoms with Crippen LogP contribution in [0.5, 0.6) is 0 Å². The number of aromatic nitrogens is 1. The molecule has 0 spiro atoms. The van der Waals surface area contributed by atoms with Gasteiger partial charge in [-0.3, -0.25) is 9.69 Å². The standard InChI is InChI=1S/C24H25Cl2N3O3/c1-16-3-2-4-18(9-16)24-28-19(15-32-24)11-23(30)27-12-20-14-29(7-8-31-20)13-17-5-6-21(25)22(26)10-17/h2-6,9-10,15,20H,7-8,11-14H2,1H3,(H,27,30)/t20-/m0/s1. The van der Waals surface area contributed by atoms with Crippen molar-refractivity contribution in [2.45, 2.75) is 26.0 Å². The van der Waals surface area contributed by atoms with Crippen molar-refractivity contribution in [1.29, 1.82) is 0 Å². The molecule has 1 N–H and O–H groups in total. The number of halogens is 2. The fourth-order valence-corrected chi connectivity index (χ4v) is 4.02. The van der Waals surface area contributed by atoms with Crippen LogP contribution in [0, 0.1) is 6.92 Å². The Hall–Kier alpha value is -2.38. The Kier molecular flexibility index (Phi) is 7.48. The first-order chi connectivity index (χ1) is 15.5. The van der Waals surface area contributed by atoms with Crippen LogP contribution in [-0.4, -0.2) is 48.1 Å². The normalized spacial score (nSPS) is 16.8. The van der Waals surface area contributed by atoms with Gasteiger partial charge in [0, 0.05) is 31.7 Å². The van der Waals surface area contributed by atoms with Crippen molar-refractivity contribution in [3.05, 3.63) is 75.6 Å². The summed E-state index contributed by atoms with van der Waals surface area (Å²) in [7, 11) is 0. The molecule has 2 aromatic carbocycles. The third-order valence-electron chi connectivity index (χ3n) is 5.30. The molecule has 1 saturated heterocycles. The van der Waals surface area contributed by atoms with E-state index in [4.69, 9.17) is 32.4 Å². The number of nitrogens with one attached hydrogen (secondary N) is 1. The number of oxazole rings is 1. The van der Waals surface area contributed by atoms with Gasteiger partial charge in [0.15, 0.2) is 0 Å². The second kappa shape index (κ2) is 10.5. The molecule has 1 aliphatic rings. The molecule has 0 bridgehead atoms. The van der Waals surface area contributed by atoms with E-state index in [0.29, 0.717) is 34.8 Å². The Morgan fingerprint density at radius 1 is 1.22 bits per heavy atom. The van der Waals surface area contributed by atoms with Gasteiger partial charge in [0.05, 0.1) is 34.9 Å². The zero-order chi connectivity index (χ0) is 22.5. The summed E-state index contributed by atoms with van der Waals surface area (Å²) in [5, 5.41) is 4.06. The third kappa shape index (κ3) is 6.11. The van der Waals surface area contributed by atoms with E-state index in [9.17, 15) is 4.79 Å². The van der Waals surface area contributed by atoms with E-state index in [-0.39, 0.29) is 18.4 Å². The molecule has 2 heterocycles. The highest BCUT2D eigenvalue weighted by Crippen LogP contribution is 2.24. The highest BCUT2D eigenvalue weighted by atomic mass is 35.5. The molecule has 1 aliphatic heterocycles. The smallest absolute Gasteiger partial charge is 0.226 e. The van der Waals surface area contributed by atoms with Gasteiger partial charge in [-0.1, -0.05) is 47.0 Å². The van der Waals surface area contributed by atoms with Crippen LogP contribution in [0.2, 0.25) is 10.0 Å². The van der Waals surface area contributed by atoms with Gasteiger partial charge >= 0.3 is 0 Å². The molecule has 8 heteroatoms. The lowest BCUT2D eigenvalue weighted by Crippen LogP contribution is -2.47. The summed E-state index contributed by atoms with van der Waals surface area (Å²) in [5.74, 6) is 0.407.